The predicted octanol–water partition coefficient (Wildman–Crippen LogP) is 2.13. The molecule has 5 atom stereocenters. The minimum absolute atomic E-state index is 0.0237. The van der Waals surface area contributed by atoms with E-state index in [1.807, 2.05) is 0 Å². The van der Waals surface area contributed by atoms with E-state index in [1.54, 1.807) is 0 Å². The van der Waals surface area contributed by atoms with Gasteiger partial charge in [-0.3, -0.25) is 0 Å². The van der Waals surface area contributed by atoms with Crippen LogP contribution >= 0.6 is 0 Å². The standard InChI is InChI=1S/C13H20O2/c1-12(2)10-5-4-8-9(15-10)6-7-13(8,3)11(12)14/h4-5,8-11,14H,6-7H2,1-3H3/t8?,9-,10-,11?,13?/m0/s1. The summed E-state index contributed by atoms with van der Waals surface area (Å²) in [4.78, 5) is 0. The van der Waals surface area contributed by atoms with Gasteiger partial charge in [0.2, 0.25) is 0 Å². The van der Waals surface area contributed by atoms with Gasteiger partial charge in [-0.05, 0) is 12.8 Å². The molecule has 0 aromatic rings. The van der Waals surface area contributed by atoms with Crippen LogP contribution in [0.15, 0.2) is 12.2 Å². The summed E-state index contributed by atoms with van der Waals surface area (Å²) in [5.74, 6) is 0.422. The number of rotatable bonds is 0. The van der Waals surface area contributed by atoms with Crippen molar-refractivity contribution in [3.05, 3.63) is 12.2 Å². The maximum Gasteiger partial charge on any atom is 0.0835 e. The molecule has 0 aromatic heterocycles. The van der Waals surface area contributed by atoms with Crippen LogP contribution in [0.25, 0.3) is 0 Å². The summed E-state index contributed by atoms with van der Waals surface area (Å²) < 4.78 is 6.11. The van der Waals surface area contributed by atoms with E-state index in [4.69, 9.17) is 4.74 Å². The third kappa shape index (κ3) is 1.02. The monoisotopic (exact) mass is 208 g/mol. The van der Waals surface area contributed by atoms with Crippen LogP contribution in [0.1, 0.15) is 33.6 Å². The molecular weight excluding hydrogens is 188 g/mol. The van der Waals surface area contributed by atoms with Crippen LogP contribution in [0.2, 0.25) is 0 Å². The molecule has 2 heterocycles. The molecule has 0 aromatic carbocycles. The van der Waals surface area contributed by atoms with E-state index in [-0.39, 0.29) is 23.0 Å². The molecule has 1 N–H and O–H groups in total. The van der Waals surface area contributed by atoms with Gasteiger partial charge < -0.3 is 9.84 Å². The van der Waals surface area contributed by atoms with Crippen molar-refractivity contribution in [3.8, 4) is 0 Å². The van der Waals surface area contributed by atoms with Gasteiger partial charge in [-0.25, -0.2) is 0 Å². The molecule has 1 saturated heterocycles. The normalized spacial score (nSPS) is 55.7. The average Bonchev–Trinajstić information content (AvgIpc) is 2.51. The molecule has 1 saturated carbocycles. The second kappa shape index (κ2) is 2.67. The van der Waals surface area contributed by atoms with Crippen LogP contribution in [-0.2, 0) is 4.74 Å². The number of hydrogen-bond acceptors (Lipinski definition) is 2. The summed E-state index contributed by atoms with van der Waals surface area (Å²) in [5, 5.41) is 10.6. The molecular formula is C13H20O2. The lowest BCUT2D eigenvalue weighted by Crippen LogP contribution is -2.47. The molecule has 2 aliphatic carbocycles. The molecule has 2 nitrogen and oxygen atoms in total. The number of ether oxygens (including phenoxy) is 1. The predicted molar refractivity (Wildman–Crippen MR) is 58.4 cm³/mol. The first kappa shape index (κ1) is 9.86. The summed E-state index contributed by atoms with van der Waals surface area (Å²) >= 11 is 0. The first-order valence-corrected chi connectivity index (χ1v) is 5.98. The molecule has 2 aliphatic heterocycles. The van der Waals surface area contributed by atoms with E-state index in [2.05, 4.69) is 32.9 Å². The van der Waals surface area contributed by atoms with Gasteiger partial charge in [0.15, 0.2) is 0 Å². The smallest absolute Gasteiger partial charge is 0.0835 e. The van der Waals surface area contributed by atoms with Crippen molar-refractivity contribution in [3.63, 3.8) is 0 Å². The highest BCUT2D eigenvalue weighted by Gasteiger charge is 2.60. The van der Waals surface area contributed by atoms with E-state index in [1.165, 1.54) is 0 Å². The number of fused-ring (bicyclic) bond motifs is 1. The highest BCUT2D eigenvalue weighted by molar-refractivity contribution is 5.20. The van der Waals surface area contributed by atoms with Crippen molar-refractivity contribution < 1.29 is 9.84 Å². The Kier molecular flexibility index (Phi) is 1.75. The Labute approximate surface area is 91.3 Å². The zero-order valence-corrected chi connectivity index (χ0v) is 9.73. The van der Waals surface area contributed by atoms with Gasteiger partial charge in [0.25, 0.3) is 0 Å². The number of aliphatic hydroxyl groups excluding tert-OH is 1. The van der Waals surface area contributed by atoms with Gasteiger partial charge in [-0.2, -0.15) is 0 Å². The second-order valence-electron chi connectivity index (χ2n) is 6.27. The van der Waals surface area contributed by atoms with Crippen LogP contribution in [0.3, 0.4) is 0 Å². The molecule has 2 heteroatoms. The van der Waals surface area contributed by atoms with Crippen molar-refractivity contribution in [1.82, 2.24) is 0 Å². The van der Waals surface area contributed by atoms with Crippen molar-refractivity contribution in [1.29, 1.82) is 0 Å². The second-order valence-corrected chi connectivity index (χ2v) is 6.27. The number of hydrogen-bond donors (Lipinski definition) is 1. The summed E-state index contributed by atoms with van der Waals surface area (Å²) in [6.07, 6.45) is 6.84. The Hall–Kier alpha value is -0.340. The van der Waals surface area contributed by atoms with Gasteiger partial charge in [0.05, 0.1) is 18.3 Å². The zero-order chi connectivity index (χ0) is 10.8. The third-order valence-corrected chi connectivity index (χ3v) is 5.01. The third-order valence-electron chi connectivity index (χ3n) is 5.01. The van der Waals surface area contributed by atoms with Crippen molar-refractivity contribution in [2.24, 2.45) is 16.7 Å². The zero-order valence-electron chi connectivity index (χ0n) is 9.73. The Morgan fingerprint density at radius 1 is 1.27 bits per heavy atom. The molecule has 15 heavy (non-hydrogen) atoms. The van der Waals surface area contributed by atoms with Crippen LogP contribution in [0, 0.1) is 16.7 Å². The van der Waals surface area contributed by atoms with E-state index < -0.39 is 0 Å². The molecule has 0 amide bonds. The fraction of sp³-hybridized carbons (Fsp3) is 0.846. The summed E-state index contributed by atoms with van der Waals surface area (Å²) in [5.41, 5.74) is -0.134. The molecule has 4 aliphatic rings. The molecule has 3 unspecified atom stereocenters. The first-order valence-electron chi connectivity index (χ1n) is 5.98. The van der Waals surface area contributed by atoms with Gasteiger partial charge in [-0.15, -0.1) is 0 Å². The largest absolute Gasteiger partial charge is 0.392 e. The maximum absolute atomic E-state index is 10.6. The quantitative estimate of drug-likeness (QED) is 0.618. The van der Waals surface area contributed by atoms with E-state index in [9.17, 15) is 5.11 Å². The molecule has 0 spiro atoms. The molecule has 4 rings (SSSR count). The minimum Gasteiger partial charge on any atom is -0.392 e. The van der Waals surface area contributed by atoms with E-state index >= 15 is 0 Å². The molecule has 84 valence electrons. The minimum atomic E-state index is -0.262. The van der Waals surface area contributed by atoms with Crippen molar-refractivity contribution >= 4 is 0 Å². The highest BCUT2D eigenvalue weighted by Crippen LogP contribution is 2.58. The fourth-order valence-corrected chi connectivity index (χ4v) is 3.92. The molecule has 0 radical (unpaired) electrons. The average molecular weight is 208 g/mol. The van der Waals surface area contributed by atoms with E-state index in [0.29, 0.717) is 12.0 Å². The van der Waals surface area contributed by atoms with Gasteiger partial charge >= 0.3 is 0 Å². The Morgan fingerprint density at radius 3 is 2.73 bits per heavy atom. The Bertz CT molecular complexity index is 320. The van der Waals surface area contributed by atoms with Gasteiger partial charge in [-0.1, -0.05) is 32.9 Å². The topological polar surface area (TPSA) is 29.5 Å². The van der Waals surface area contributed by atoms with Crippen molar-refractivity contribution in [2.75, 3.05) is 0 Å². The van der Waals surface area contributed by atoms with Gasteiger partial charge in [0, 0.05) is 16.7 Å². The maximum atomic E-state index is 10.6. The lowest BCUT2D eigenvalue weighted by Gasteiger charge is -2.42. The SMILES string of the molecule is CC12CC[C@@H]3O[C@@H](C=CC31)C(C)(C)C2O. The lowest BCUT2D eigenvalue weighted by molar-refractivity contribution is -0.0988. The summed E-state index contributed by atoms with van der Waals surface area (Å²) in [6.45, 7) is 6.48. The fourth-order valence-electron chi connectivity index (χ4n) is 3.92. The Morgan fingerprint density at radius 2 is 2.00 bits per heavy atom. The van der Waals surface area contributed by atoms with Crippen LogP contribution < -0.4 is 0 Å². The van der Waals surface area contributed by atoms with Crippen molar-refractivity contribution in [2.45, 2.75) is 51.9 Å². The molecule has 4 bridgehead atoms. The van der Waals surface area contributed by atoms with E-state index in [0.717, 1.165) is 12.8 Å². The van der Waals surface area contributed by atoms with Crippen LogP contribution in [0.4, 0.5) is 0 Å². The van der Waals surface area contributed by atoms with Gasteiger partial charge in [0.1, 0.15) is 0 Å². The summed E-state index contributed by atoms with van der Waals surface area (Å²) in [7, 11) is 0. The molecule has 2 fully saturated rings. The number of aliphatic hydroxyl groups is 1. The Balaban J connectivity index is 2.14. The van der Waals surface area contributed by atoms with Crippen LogP contribution in [0.5, 0.6) is 0 Å². The van der Waals surface area contributed by atoms with Crippen LogP contribution in [-0.4, -0.2) is 23.4 Å². The highest BCUT2D eigenvalue weighted by atomic mass is 16.5. The lowest BCUT2D eigenvalue weighted by atomic mass is 9.66. The summed E-state index contributed by atoms with van der Waals surface area (Å²) in [6, 6.07) is 0. The first-order chi connectivity index (χ1) is 6.96.